The van der Waals surface area contributed by atoms with Gasteiger partial charge in [0.15, 0.2) is 5.65 Å². The lowest BCUT2D eigenvalue weighted by Crippen LogP contribution is -2.16. The molecule has 2 aromatic heterocycles. The summed E-state index contributed by atoms with van der Waals surface area (Å²) in [5, 5.41) is 9.79. The summed E-state index contributed by atoms with van der Waals surface area (Å²) in [6.45, 7) is 0. The van der Waals surface area contributed by atoms with Crippen molar-refractivity contribution in [2.75, 3.05) is 11.5 Å². The van der Waals surface area contributed by atoms with Crippen LogP contribution in [-0.2, 0) is 0 Å². The summed E-state index contributed by atoms with van der Waals surface area (Å²) in [4.78, 5) is 9.34. The molecule has 0 atom stereocenters. The van der Waals surface area contributed by atoms with Gasteiger partial charge < -0.3 is 9.67 Å². The van der Waals surface area contributed by atoms with Crippen LogP contribution in [0.5, 0.6) is 5.75 Å². The number of nitrogens with zero attached hydrogens (tertiary/aromatic N) is 3. The Balaban J connectivity index is 1.93. The van der Waals surface area contributed by atoms with E-state index in [2.05, 4.69) is 9.55 Å². The maximum Gasteiger partial charge on any atom is 0.160 e. The largest absolute Gasteiger partial charge is 0.508 e. The first-order chi connectivity index (χ1) is 10.8. The molecule has 1 aliphatic rings. The number of phenolic OH excluding ortho intramolecular Hbond substituents is 1. The first kappa shape index (κ1) is 13.6. The molecule has 0 saturated carbocycles. The second-order valence-electron chi connectivity index (χ2n) is 5.55. The van der Waals surface area contributed by atoms with Crippen molar-refractivity contribution in [2.45, 2.75) is 18.9 Å². The van der Waals surface area contributed by atoms with Gasteiger partial charge in [-0.2, -0.15) is 11.8 Å². The van der Waals surface area contributed by atoms with Gasteiger partial charge in [-0.3, -0.25) is 0 Å². The van der Waals surface area contributed by atoms with Crippen molar-refractivity contribution in [1.82, 2.24) is 14.5 Å². The highest BCUT2D eigenvalue weighted by Gasteiger charge is 2.23. The van der Waals surface area contributed by atoms with Crippen LogP contribution in [0.3, 0.4) is 0 Å². The van der Waals surface area contributed by atoms with Crippen LogP contribution in [0.15, 0.2) is 42.6 Å². The van der Waals surface area contributed by atoms with Crippen LogP contribution in [0.1, 0.15) is 18.9 Å². The van der Waals surface area contributed by atoms with Crippen molar-refractivity contribution < 1.29 is 5.11 Å². The number of rotatable bonds is 2. The van der Waals surface area contributed by atoms with E-state index in [1.165, 1.54) is 11.5 Å². The Labute approximate surface area is 133 Å². The average molecular weight is 311 g/mol. The number of aromatic nitrogens is 3. The van der Waals surface area contributed by atoms with E-state index < -0.39 is 0 Å². The van der Waals surface area contributed by atoms with Crippen molar-refractivity contribution in [2.24, 2.45) is 0 Å². The van der Waals surface area contributed by atoms with Gasteiger partial charge in [0, 0.05) is 17.8 Å². The number of pyridine rings is 1. The molecule has 4 rings (SSSR count). The monoisotopic (exact) mass is 311 g/mol. The van der Waals surface area contributed by atoms with Crippen LogP contribution in [0.4, 0.5) is 0 Å². The van der Waals surface area contributed by atoms with Crippen molar-refractivity contribution in [1.29, 1.82) is 0 Å². The average Bonchev–Trinajstić information content (AvgIpc) is 2.95. The molecule has 1 saturated heterocycles. The highest BCUT2D eigenvalue weighted by molar-refractivity contribution is 7.99. The normalized spacial score (nSPS) is 16.2. The third kappa shape index (κ3) is 2.35. The van der Waals surface area contributed by atoms with Gasteiger partial charge in [-0.1, -0.05) is 12.1 Å². The molecule has 112 valence electrons. The summed E-state index contributed by atoms with van der Waals surface area (Å²) >= 11 is 2.01. The van der Waals surface area contributed by atoms with Gasteiger partial charge in [0.05, 0.1) is 0 Å². The standard InChI is InChI=1S/C17H17N3OS/c21-14-4-1-3-12(11-14)16-19-15-5-2-8-18-17(15)20(16)13-6-9-22-10-7-13/h1-5,8,11,13,21H,6-7,9-10H2. The second kappa shape index (κ2) is 5.65. The molecule has 4 nitrogen and oxygen atoms in total. The third-order valence-electron chi connectivity index (χ3n) is 4.11. The Bertz CT molecular complexity index is 809. The zero-order valence-corrected chi connectivity index (χ0v) is 13.0. The lowest BCUT2D eigenvalue weighted by Gasteiger charge is -2.25. The molecule has 0 aliphatic carbocycles. The zero-order valence-electron chi connectivity index (χ0n) is 12.1. The summed E-state index contributed by atoms with van der Waals surface area (Å²) in [5.74, 6) is 3.53. The molecule has 1 N–H and O–H groups in total. The Morgan fingerprint density at radius 3 is 2.82 bits per heavy atom. The SMILES string of the molecule is Oc1cccc(-c2nc3cccnc3n2C2CCSCC2)c1. The van der Waals surface area contributed by atoms with Crippen LogP contribution in [0.2, 0.25) is 0 Å². The number of aromatic hydroxyl groups is 1. The summed E-state index contributed by atoms with van der Waals surface area (Å²) in [6, 6.07) is 11.7. The quantitative estimate of drug-likeness (QED) is 0.780. The second-order valence-corrected chi connectivity index (χ2v) is 6.77. The zero-order chi connectivity index (χ0) is 14.9. The minimum Gasteiger partial charge on any atom is -0.508 e. The summed E-state index contributed by atoms with van der Waals surface area (Å²) in [7, 11) is 0. The van der Waals surface area contributed by atoms with Crippen molar-refractivity contribution >= 4 is 22.9 Å². The highest BCUT2D eigenvalue weighted by Crippen LogP contribution is 2.35. The van der Waals surface area contributed by atoms with Crippen LogP contribution in [0.25, 0.3) is 22.6 Å². The minimum absolute atomic E-state index is 0.267. The first-order valence-corrected chi connectivity index (χ1v) is 8.68. The van der Waals surface area contributed by atoms with Gasteiger partial charge in [0.1, 0.15) is 17.1 Å². The van der Waals surface area contributed by atoms with Crippen LogP contribution < -0.4 is 0 Å². The number of phenols is 1. The van der Waals surface area contributed by atoms with Gasteiger partial charge >= 0.3 is 0 Å². The maximum atomic E-state index is 9.79. The molecule has 22 heavy (non-hydrogen) atoms. The highest BCUT2D eigenvalue weighted by atomic mass is 32.2. The number of hydrogen-bond donors (Lipinski definition) is 1. The molecule has 0 radical (unpaired) electrons. The smallest absolute Gasteiger partial charge is 0.160 e. The number of thioether (sulfide) groups is 1. The summed E-state index contributed by atoms with van der Waals surface area (Å²) in [5.41, 5.74) is 2.80. The van der Waals surface area contributed by atoms with E-state index in [9.17, 15) is 5.11 Å². The van der Waals surface area contributed by atoms with Crippen molar-refractivity contribution in [3.63, 3.8) is 0 Å². The topological polar surface area (TPSA) is 50.9 Å². The molecule has 1 aliphatic heterocycles. The van der Waals surface area contributed by atoms with Crippen LogP contribution in [0, 0.1) is 0 Å². The van der Waals surface area contributed by atoms with E-state index in [1.807, 2.05) is 42.2 Å². The lowest BCUT2D eigenvalue weighted by molar-refractivity contribution is 0.474. The van der Waals surface area contributed by atoms with E-state index in [0.717, 1.165) is 35.4 Å². The molecule has 1 aromatic carbocycles. The number of hydrogen-bond acceptors (Lipinski definition) is 4. The van der Waals surface area contributed by atoms with Gasteiger partial charge in [-0.05, 0) is 48.6 Å². The number of imidazole rings is 1. The van der Waals surface area contributed by atoms with Crippen molar-refractivity contribution in [3.05, 3.63) is 42.6 Å². The predicted molar refractivity (Wildman–Crippen MR) is 90.2 cm³/mol. The van der Waals surface area contributed by atoms with Crippen LogP contribution in [-0.4, -0.2) is 31.1 Å². The fourth-order valence-electron chi connectivity index (χ4n) is 3.07. The fourth-order valence-corrected chi connectivity index (χ4v) is 4.15. The fraction of sp³-hybridized carbons (Fsp3) is 0.294. The van der Waals surface area contributed by atoms with E-state index in [-0.39, 0.29) is 5.75 Å². The minimum atomic E-state index is 0.267. The maximum absolute atomic E-state index is 9.79. The number of fused-ring (bicyclic) bond motifs is 1. The van der Waals surface area contributed by atoms with Crippen LogP contribution >= 0.6 is 11.8 Å². The Hall–Kier alpha value is -2.01. The third-order valence-corrected chi connectivity index (χ3v) is 5.16. The van der Waals surface area contributed by atoms with E-state index >= 15 is 0 Å². The van der Waals surface area contributed by atoms with E-state index in [1.54, 1.807) is 12.1 Å². The van der Waals surface area contributed by atoms with Gasteiger partial charge in [0.2, 0.25) is 0 Å². The Morgan fingerprint density at radius 1 is 1.14 bits per heavy atom. The molecule has 0 unspecified atom stereocenters. The Morgan fingerprint density at radius 2 is 2.00 bits per heavy atom. The van der Waals surface area contributed by atoms with Crippen molar-refractivity contribution in [3.8, 4) is 17.1 Å². The molecule has 3 aromatic rings. The predicted octanol–water partition coefficient (Wildman–Crippen LogP) is 3.87. The molecule has 0 bridgehead atoms. The summed E-state index contributed by atoms with van der Waals surface area (Å²) in [6.07, 6.45) is 4.10. The molecule has 1 fully saturated rings. The molecule has 3 heterocycles. The molecule has 0 amide bonds. The molecular weight excluding hydrogens is 294 g/mol. The lowest BCUT2D eigenvalue weighted by atomic mass is 10.1. The van der Waals surface area contributed by atoms with E-state index in [4.69, 9.17) is 4.98 Å². The summed E-state index contributed by atoms with van der Waals surface area (Å²) < 4.78 is 2.27. The number of benzene rings is 1. The first-order valence-electron chi connectivity index (χ1n) is 7.53. The molecule has 5 heteroatoms. The molecule has 0 spiro atoms. The Kier molecular flexibility index (Phi) is 3.50. The van der Waals surface area contributed by atoms with E-state index in [0.29, 0.717) is 6.04 Å². The van der Waals surface area contributed by atoms with Gasteiger partial charge in [-0.15, -0.1) is 0 Å². The molecular formula is C17H17N3OS. The van der Waals surface area contributed by atoms with Gasteiger partial charge in [-0.25, -0.2) is 9.97 Å². The van der Waals surface area contributed by atoms with Gasteiger partial charge in [0.25, 0.3) is 0 Å².